The molecule has 1 amide bonds. The highest BCUT2D eigenvalue weighted by atomic mass is 16.6. The third-order valence-corrected chi connectivity index (χ3v) is 2.70. The predicted octanol–water partition coefficient (Wildman–Crippen LogP) is 1.24. The van der Waals surface area contributed by atoms with Crippen LogP contribution in [-0.4, -0.2) is 23.0 Å². The van der Waals surface area contributed by atoms with Crippen LogP contribution in [0.1, 0.15) is 41.0 Å². The maximum atomic E-state index is 11.9. The fraction of sp³-hybridized carbons (Fsp3) is 0.818. The van der Waals surface area contributed by atoms with Crippen molar-refractivity contribution in [3.63, 3.8) is 0 Å². The average Bonchev–Trinajstić information content (AvgIpc) is 2.23. The van der Waals surface area contributed by atoms with E-state index in [-0.39, 0.29) is 17.8 Å². The SMILES string of the molecule is C[C@H]1CC(=O)N[C@@]1(C)C(=O)OC(C)(C)C. The van der Waals surface area contributed by atoms with E-state index < -0.39 is 11.1 Å². The van der Waals surface area contributed by atoms with E-state index in [1.807, 2.05) is 27.7 Å². The molecule has 0 aromatic heterocycles. The van der Waals surface area contributed by atoms with Crippen LogP contribution in [0.3, 0.4) is 0 Å². The second-order valence-corrected chi connectivity index (χ2v) is 5.36. The molecule has 0 spiro atoms. The fourth-order valence-corrected chi connectivity index (χ4v) is 1.58. The van der Waals surface area contributed by atoms with Gasteiger partial charge in [0.15, 0.2) is 0 Å². The highest BCUT2D eigenvalue weighted by molar-refractivity contribution is 5.92. The summed E-state index contributed by atoms with van der Waals surface area (Å²) in [6, 6.07) is 0. The summed E-state index contributed by atoms with van der Waals surface area (Å²) in [5, 5.41) is 2.69. The van der Waals surface area contributed by atoms with E-state index >= 15 is 0 Å². The number of carbonyl (C=O) groups is 2. The molecule has 15 heavy (non-hydrogen) atoms. The maximum Gasteiger partial charge on any atom is 0.332 e. The van der Waals surface area contributed by atoms with Crippen LogP contribution in [0.4, 0.5) is 0 Å². The van der Waals surface area contributed by atoms with Crippen LogP contribution in [-0.2, 0) is 14.3 Å². The zero-order chi connectivity index (χ0) is 11.9. The third kappa shape index (κ3) is 2.49. The standard InChI is InChI=1S/C11H19NO3/c1-7-6-8(13)12-11(7,5)9(14)15-10(2,3)4/h7H,6H2,1-5H3,(H,12,13)/t7-,11+/m0/s1. The smallest absolute Gasteiger partial charge is 0.332 e. The summed E-state index contributed by atoms with van der Waals surface area (Å²) < 4.78 is 5.29. The van der Waals surface area contributed by atoms with Crippen molar-refractivity contribution in [2.75, 3.05) is 0 Å². The Bertz CT molecular complexity index is 293. The van der Waals surface area contributed by atoms with Gasteiger partial charge in [-0.3, -0.25) is 4.79 Å². The van der Waals surface area contributed by atoms with Gasteiger partial charge in [0, 0.05) is 6.42 Å². The van der Waals surface area contributed by atoms with Crippen molar-refractivity contribution in [1.82, 2.24) is 5.32 Å². The molecule has 86 valence electrons. The first-order valence-corrected chi connectivity index (χ1v) is 5.19. The molecule has 1 saturated heterocycles. The van der Waals surface area contributed by atoms with Gasteiger partial charge < -0.3 is 10.1 Å². The summed E-state index contributed by atoms with van der Waals surface area (Å²) in [4.78, 5) is 23.1. The molecule has 1 heterocycles. The van der Waals surface area contributed by atoms with Crippen LogP contribution in [0.15, 0.2) is 0 Å². The minimum absolute atomic E-state index is 0.0279. The van der Waals surface area contributed by atoms with Crippen LogP contribution in [0, 0.1) is 5.92 Å². The maximum absolute atomic E-state index is 11.9. The highest BCUT2D eigenvalue weighted by Crippen LogP contribution is 2.29. The van der Waals surface area contributed by atoms with Crippen molar-refractivity contribution in [3.05, 3.63) is 0 Å². The number of ether oxygens (including phenoxy) is 1. The molecule has 1 aliphatic heterocycles. The molecule has 1 aliphatic rings. The van der Waals surface area contributed by atoms with Gasteiger partial charge in [-0.1, -0.05) is 6.92 Å². The van der Waals surface area contributed by atoms with Crippen molar-refractivity contribution >= 4 is 11.9 Å². The molecule has 2 atom stereocenters. The van der Waals surface area contributed by atoms with Crippen LogP contribution >= 0.6 is 0 Å². The van der Waals surface area contributed by atoms with Gasteiger partial charge in [0.25, 0.3) is 0 Å². The van der Waals surface area contributed by atoms with E-state index in [0.717, 1.165) is 0 Å². The summed E-state index contributed by atoms with van der Waals surface area (Å²) >= 11 is 0. The van der Waals surface area contributed by atoms with Crippen LogP contribution < -0.4 is 5.32 Å². The summed E-state index contributed by atoms with van der Waals surface area (Å²) in [5.41, 5.74) is -1.39. The number of esters is 1. The normalized spacial score (nSPS) is 31.3. The zero-order valence-corrected chi connectivity index (χ0v) is 10.0. The van der Waals surface area contributed by atoms with Crippen molar-refractivity contribution in [2.45, 2.75) is 52.2 Å². The summed E-state index contributed by atoms with van der Waals surface area (Å²) in [6.45, 7) is 9.04. The van der Waals surface area contributed by atoms with Crippen LogP contribution in [0.2, 0.25) is 0 Å². The van der Waals surface area contributed by atoms with E-state index in [4.69, 9.17) is 4.74 Å². The first kappa shape index (κ1) is 12.0. The minimum atomic E-state index is -0.871. The second kappa shape index (κ2) is 3.51. The number of amides is 1. The number of carbonyl (C=O) groups excluding carboxylic acids is 2. The Balaban J connectivity index is 2.78. The molecule has 1 N–H and O–H groups in total. The molecule has 1 fully saturated rings. The topological polar surface area (TPSA) is 55.4 Å². The monoisotopic (exact) mass is 213 g/mol. The molecule has 1 rings (SSSR count). The molecule has 4 nitrogen and oxygen atoms in total. The average molecular weight is 213 g/mol. The highest BCUT2D eigenvalue weighted by Gasteiger charge is 2.48. The Kier molecular flexibility index (Phi) is 2.81. The Morgan fingerprint density at radius 1 is 1.53 bits per heavy atom. The van der Waals surface area contributed by atoms with Gasteiger partial charge in [-0.15, -0.1) is 0 Å². The molecular formula is C11H19NO3. The predicted molar refractivity (Wildman–Crippen MR) is 56.2 cm³/mol. The number of hydrogen-bond donors (Lipinski definition) is 1. The second-order valence-electron chi connectivity index (χ2n) is 5.36. The lowest BCUT2D eigenvalue weighted by atomic mass is 9.89. The van der Waals surface area contributed by atoms with E-state index in [1.165, 1.54) is 0 Å². The third-order valence-electron chi connectivity index (χ3n) is 2.70. The lowest BCUT2D eigenvalue weighted by molar-refractivity contribution is -0.164. The van der Waals surface area contributed by atoms with Gasteiger partial charge in [-0.05, 0) is 33.6 Å². The molecule has 0 saturated carbocycles. The van der Waals surface area contributed by atoms with E-state index in [9.17, 15) is 9.59 Å². The number of nitrogens with one attached hydrogen (secondary N) is 1. The van der Waals surface area contributed by atoms with Crippen molar-refractivity contribution in [1.29, 1.82) is 0 Å². The van der Waals surface area contributed by atoms with E-state index in [1.54, 1.807) is 6.92 Å². The largest absolute Gasteiger partial charge is 0.458 e. The number of rotatable bonds is 1. The first-order chi connectivity index (χ1) is 6.65. The lowest BCUT2D eigenvalue weighted by Gasteiger charge is -2.30. The number of hydrogen-bond acceptors (Lipinski definition) is 3. The summed E-state index contributed by atoms with van der Waals surface area (Å²) in [7, 11) is 0. The first-order valence-electron chi connectivity index (χ1n) is 5.19. The fourth-order valence-electron chi connectivity index (χ4n) is 1.58. The van der Waals surface area contributed by atoms with Crippen LogP contribution in [0.5, 0.6) is 0 Å². The Hall–Kier alpha value is -1.06. The van der Waals surface area contributed by atoms with Crippen molar-refractivity contribution < 1.29 is 14.3 Å². The molecular weight excluding hydrogens is 194 g/mol. The van der Waals surface area contributed by atoms with Crippen molar-refractivity contribution in [2.24, 2.45) is 5.92 Å². The summed E-state index contributed by atoms with van der Waals surface area (Å²) in [5.74, 6) is -0.468. The zero-order valence-electron chi connectivity index (χ0n) is 10.0. The van der Waals surface area contributed by atoms with Gasteiger partial charge in [-0.25, -0.2) is 4.79 Å². The van der Waals surface area contributed by atoms with Crippen LogP contribution in [0.25, 0.3) is 0 Å². The quantitative estimate of drug-likeness (QED) is 0.667. The Morgan fingerprint density at radius 3 is 2.40 bits per heavy atom. The Morgan fingerprint density at radius 2 is 2.07 bits per heavy atom. The molecule has 0 bridgehead atoms. The van der Waals surface area contributed by atoms with Crippen molar-refractivity contribution in [3.8, 4) is 0 Å². The summed E-state index contributed by atoms with van der Waals surface area (Å²) in [6.07, 6.45) is 0.385. The minimum Gasteiger partial charge on any atom is -0.458 e. The Labute approximate surface area is 90.4 Å². The van der Waals surface area contributed by atoms with Gasteiger partial charge >= 0.3 is 5.97 Å². The molecule has 0 aromatic carbocycles. The van der Waals surface area contributed by atoms with Gasteiger partial charge in [0.2, 0.25) is 5.91 Å². The van der Waals surface area contributed by atoms with Gasteiger partial charge in [-0.2, -0.15) is 0 Å². The molecule has 0 aromatic rings. The molecule has 0 unspecified atom stereocenters. The molecule has 0 aliphatic carbocycles. The molecule has 4 heteroatoms. The van der Waals surface area contributed by atoms with E-state index in [0.29, 0.717) is 6.42 Å². The van der Waals surface area contributed by atoms with Gasteiger partial charge in [0.05, 0.1) is 0 Å². The molecule has 0 radical (unpaired) electrons. The van der Waals surface area contributed by atoms with Gasteiger partial charge in [0.1, 0.15) is 11.1 Å². The lowest BCUT2D eigenvalue weighted by Crippen LogP contribution is -2.52. The van der Waals surface area contributed by atoms with E-state index in [2.05, 4.69) is 5.32 Å².